The summed E-state index contributed by atoms with van der Waals surface area (Å²) in [6, 6.07) is 2.71. The fraction of sp³-hybridized carbons (Fsp3) is 0.417. The minimum atomic E-state index is -4.85. The highest BCUT2D eigenvalue weighted by molar-refractivity contribution is 6.42. The first kappa shape index (κ1) is 17.1. The first-order chi connectivity index (χ1) is 10.6. The molecule has 0 saturated carbocycles. The molecule has 4 atom stereocenters. The zero-order chi connectivity index (χ0) is 17.1. The fourth-order valence-electron chi connectivity index (χ4n) is 2.45. The molecule has 0 amide bonds. The number of benzene rings is 1. The molecule has 3 rings (SSSR count). The molecule has 0 aliphatic carbocycles. The van der Waals surface area contributed by atoms with E-state index in [0.29, 0.717) is 0 Å². The SMILES string of the molecule is O[C@@H]1[C@H](O)[C@@H](n2c(Cl)nc3cc(Cl)c(Cl)cc32)O[C@H]1C(F)(F)F. The van der Waals surface area contributed by atoms with Gasteiger partial charge in [0.05, 0.1) is 21.1 Å². The number of fused-ring (bicyclic) bond motifs is 1. The highest BCUT2D eigenvalue weighted by Gasteiger charge is 2.56. The van der Waals surface area contributed by atoms with Gasteiger partial charge in [0.15, 0.2) is 12.3 Å². The van der Waals surface area contributed by atoms with Gasteiger partial charge >= 0.3 is 6.18 Å². The molecule has 126 valence electrons. The first-order valence-corrected chi connectivity index (χ1v) is 7.35. The molecule has 0 unspecified atom stereocenters. The lowest BCUT2D eigenvalue weighted by Crippen LogP contribution is -2.40. The van der Waals surface area contributed by atoms with Crippen LogP contribution < -0.4 is 0 Å². The van der Waals surface area contributed by atoms with Gasteiger partial charge in [0.1, 0.15) is 12.2 Å². The standard InChI is InChI=1S/C12H8Cl3F3N2O3/c13-3-1-5-6(2-4(3)14)20(11(15)19-5)10-8(22)7(21)9(23-10)12(16,17)18/h1-2,7-10,21-22H/t7-,8+,9-,10+/m1/s1. The Morgan fingerprint density at radius 3 is 2.26 bits per heavy atom. The van der Waals surface area contributed by atoms with Crippen molar-refractivity contribution in [3.8, 4) is 0 Å². The van der Waals surface area contributed by atoms with Crippen LogP contribution in [0.3, 0.4) is 0 Å². The van der Waals surface area contributed by atoms with Gasteiger partial charge in [0, 0.05) is 0 Å². The van der Waals surface area contributed by atoms with Gasteiger partial charge in [-0.15, -0.1) is 0 Å². The lowest BCUT2D eigenvalue weighted by molar-refractivity contribution is -0.236. The third-order valence-corrected chi connectivity index (χ3v) is 4.49. The van der Waals surface area contributed by atoms with Gasteiger partial charge < -0.3 is 14.9 Å². The van der Waals surface area contributed by atoms with Gasteiger partial charge in [-0.1, -0.05) is 23.2 Å². The second kappa shape index (κ2) is 5.65. The van der Waals surface area contributed by atoms with Crippen molar-refractivity contribution in [3.63, 3.8) is 0 Å². The number of alkyl halides is 3. The van der Waals surface area contributed by atoms with Crippen LogP contribution in [0, 0.1) is 0 Å². The third kappa shape index (κ3) is 2.77. The van der Waals surface area contributed by atoms with E-state index in [1.807, 2.05) is 0 Å². The molecule has 23 heavy (non-hydrogen) atoms. The number of aliphatic hydroxyl groups is 2. The highest BCUT2D eigenvalue weighted by Crippen LogP contribution is 2.41. The van der Waals surface area contributed by atoms with E-state index >= 15 is 0 Å². The summed E-state index contributed by atoms with van der Waals surface area (Å²) in [7, 11) is 0. The predicted molar refractivity (Wildman–Crippen MR) is 76.7 cm³/mol. The predicted octanol–water partition coefficient (Wildman–Crippen LogP) is 3.18. The quantitative estimate of drug-likeness (QED) is 0.783. The van der Waals surface area contributed by atoms with E-state index < -0.39 is 30.7 Å². The normalized spacial score (nSPS) is 28.7. The van der Waals surface area contributed by atoms with E-state index in [1.54, 1.807) is 0 Å². The molecule has 1 aromatic heterocycles. The zero-order valence-corrected chi connectivity index (χ0v) is 13.2. The number of ether oxygens (including phenoxy) is 1. The number of rotatable bonds is 1. The molecule has 0 radical (unpaired) electrons. The summed E-state index contributed by atoms with van der Waals surface area (Å²) in [6.07, 6.45) is -13.0. The number of imidazole rings is 1. The molecule has 11 heteroatoms. The summed E-state index contributed by atoms with van der Waals surface area (Å²) < 4.78 is 44.3. The maximum absolute atomic E-state index is 12.8. The van der Waals surface area contributed by atoms with E-state index in [4.69, 9.17) is 39.5 Å². The Morgan fingerprint density at radius 2 is 1.70 bits per heavy atom. The average molecular weight is 392 g/mol. The van der Waals surface area contributed by atoms with Crippen molar-refractivity contribution >= 4 is 45.8 Å². The van der Waals surface area contributed by atoms with Gasteiger partial charge in [0.2, 0.25) is 5.28 Å². The molecule has 1 aromatic carbocycles. The Hall–Kier alpha value is -0.770. The van der Waals surface area contributed by atoms with Crippen molar-refractivity contribution in [2.24, 2.45) is 0 Å². The third-order valence-electron chi connectivity index (χ3n) is 3.50. The van der Waals surface area contributed by atoms with Gasteiger partial charge in [-0.05, 0) is 23.7 Å². The van der Waals surface area contributed by atoms with E-state index in [-0.39, 0.29) is 26.4 Å². The topological polar surface area (TPSA) is 67.5 Å². The van der Waals surface area contributed by atoms with Crippen LogP contribution in [0.1, 0.15) is 6.23 Å². The highest BCUT2D eigenvalue weighted by atomic mass is 35.5. The Bertz CT molecular complexity index is 767. The second-order valence-corrected chi connectivity index (χ2v) is 6.13. The Morgan fingerprint density at radius 1 is 1.09 bits per heavy atom. The van der Waals surface area contributed by atoms with Gasteiger partial charge in [-0.25, -0.2) is 4.98 Å². The summed E-state index contributed by atoms with van der Waals surface area (Å²) in [5, 5.41) is 19.6. The van der Waals surface area contributed by atoms with Crippen molar-refractivity contribution < 1.29 is 28.1 Å². The van der Waals surface area contributed by atoms with Crippen LogP contribution in [-0.4, -0.2) is 44.3 Å². The molecule has 1 saturated heterocycles. The summed E-state index contributed by atoms with van der Waals surface area (Å²) >= 11 is 17.7. The molecule has 2 aromatic rings. The molecular formula is C12H8Cl3F3N2O3. The molecular weight excluding hydrogens is 383 g/mol. The summed E-state index contributed by atoms with van der Waals surface area (Å²) in [4.78, 5) is 3.94. The van der Waals surface area contributed by atoms with Crippen LogP contribution in [0.5, 0.6) is 0 Å². The molecule has 2 heterocycles. The summed E-state index contributed by atoms with van der Waals surface area (Å²) in [5.41, 5.74) is 0.466. The number of aromatic nitrogens is 2. The molecule has 2 N–H and O–H groups in total. The van der Waals surface area contributed by atoms with Gasteiger partial charge in [0.25, 0.3) is 0 Å². The summed E-state index contributed by atoms with van der Waals surface area (Å²) in [6.45, 7) is 0. The molecule has 0 spiro atoms. The molecule has 1 aliphatic heterocycles. The van der Waals surface area contributed by atoms with E-state index in [2.05, 4.69) is 4.98 Å². The smallest absolute Gasteiger partial charge is 0.387 e. The summed E-state index contributed by atoms with van der Waals surface area (Å²) in [5.74, 6) is 0. The molecule has 5 nitrogen and oxygen atoms in total. The van der Waals surface area contributed by atoms with Crippen molar-refractivity contribution in [1.82, 2.24) is 9.55 Å². The van der Waals surface area contributed by atoms with Crippen molar-refractivity contribution in [2.75, 3.05) is 0 Å². The fourth-order valence-corrected chi connectivity index (χ4v) is 3.04. The molecule has 0 bridgehead atoms. The average Bonchev–Trinajstić information content (AvgIpc) is 2.88. The lowest BCUT2D eigenvalue weighted by atomic mass is 10.1. The number of halogens is 6. The molecule has 1 fully saturated rings. The lowest BCUT2D eigenvalue weighted by Gasteiger charge is -2.18. The second-order valence-electron chi connectivity index (χ2n) is 4.98. The van der Waals surface area contributed by atoms with Crippen LogP contribution in [0.25, 0.3) is 11.0 Å². The van der Waals surface area contributed by atoms with Crippen LogP contribution in [-0.2, 0) is 4.74 Å². The van der Waals surface area contributed by atoms with Gasteiger partial charge in [-0.3, -0.25) is 4.57 Å². The Labute approximate surface area is 142 Å². The minimum absolute atomic E-state index is 0.123. The van der Waals surface area contributed by atoms with E-state index in [0.717, 1.165) is 4.57 Å². The minimum Gasteiger partial charge on any atom is -0.387 e. The van der Waals surface area contributed by atoms with Crippen LogP contribution in [0.2, 0.25) is 15.3 Å². The Kier molecular flexibility index (Phi) is 4.19. The zero-order valence-electron chi connectivity index (χ0n) is 10.9. The van der Waals surface area contributed by atoms with Gasteiger partial charge in [-0.2, -0.15) is 13.2 Å². The van der Waals surface area contributed by atoms with E-state index in [1.165, 1.54) is 12.1 Å². The van der Waals surface area contributed by atoms with Crippen LogP contribution >= 0.6 is 34.8 Å². The van der Waals surface area contributed by atoms with Crippen LogP contribution in [0.4, 0.5) is 13.2 Å². The van der Waals surface area contributed by atoms with Crippen molar-refractivity contribution in [1.29, 1.82) is 0 Å². The largest absolute Gasteiger partial charge is 0.417 e. The van der Waals surface area contributed by atoms with Crippen molar-refractivity contribution in [3.05, 3.63) is 27.5 Å². The maximum atomic E-state index is 12.8. The number of aliphatic hydroxyl groups excluding tert-OH is 2. The van der Waals surface area contributed by atoms with Crippen molar-refractivity contribution in [2.45, 2.75) is 30.7 Å². The Balaban J connectivity index is 2.10. The van der Waals surface area contributed by atoms with Crippen LogP contribution in [0.15, 0.2) is 12.1 Å². The first-order valence-electron chi connectivity index (χ1n) is 6.22. The van der Waals surface area contributed by atoms with E-state index in [9.17, 15) is 23.4 Å². The number of hydrogen-bond donors (Lipinski definition) is 2. The number of hydrogen-bond acceptors (Lipinski definition) is 4. The monoisotopic (exact) mass is 390 g/mol. The maximum Gasteiger partial charge on any atom is 0.417 e. The molecule has 1 aliphatic rings. The number of nitrogens with zero attached hydrogens (tertiary/aromatic N) is 2.